The molecule has 0 saturated heterocycles. The zero-order valence-electron chi connectivity index (χ0n) is 8.91. The van der Waals surface area contributed by atoms with E-state index >= 15 is 0 Å². The van der Waals surface area contributed by atoms with Crippen LogP contribution in [0.3, 0.4) is 0 Å². The molecule has 0 aromatic rings. The van der Waals surface area contributed by atoms with Crippen LogP contribution in [0.1, 0.15) is 39.5 Å². The molecule has 0 aromatic heterocycles. The third-order valence-corrected chi connectivity index (χ3v) is 4.07. The Morgan fingerprint density at radius 3 is 2.15 bits per heavy atom. The molecule has 80 valence electrons. The summed E-state index contributed by atoms with van der Waals surface area (Å²) in [6.07, 6.45) is 3.89. The minimum Gasteiger partial charge on any atom is -0.212 e. The number of hydrogen-bond donors (Lipinski definition) is 0. The lowest BCUT2D eigenvalue weighted by molar-refractivity contribution is 0.453. The van der Waals surface area contributed by atoms with Crippen molar-refractivity contribution >= 4 is 10.0 Å². The van der Waals surface area contributed by atoms with Crippen molar-refractivity contribution < 1.29 is 8.42 Å². The fraction of sp³-hybridized carbons (Fsp3) is 1.00. The maximum Gasteiger partial charge on any atom is 0.213 e. The van der Waals surface area contributed by atoms with E-state index in [9.17, 15) is 8.42 Å². The molecule has 13 heavy (non-hydrogen) atoms. The largest absolute Gasteiger partial charge is 0.213 e. The van der Waals surface area contributed by atoms with Crippen molar-refractivity contribution in [3.63, 3.8) is 0 Å². The molecule has 3 nitrogen and oxygen atoms in total. The lowest BCUT2D eigenvalue weighted by Gasteiger charge is -2.15. The predicted molar refractivity (Wildman–Crippen MR) is 56.2 cm³/mol. The third kappa shape index (κ3) is 5.26. The van der Waals surface area contributed by atoms with Gasteiger partial charge in [-0.1, -0.05) is 26.7 Å². The van der Waals surface area contributed by atoms with Gasteiger partial charge in [0.25, 0.3) is 0 Å². The van der Waals surface area contributed by atoms with Crippen LogP contribution in [0.25, 0.3) is 0 Å². The van der Waals surface area contributed by atoms with Crippen molar-refractivity contribution in [2.75, 3.05) is 19.3 Å². The molecule has 4 heteroatoms. The molecule has 0 amide bonds. The summed E-state index contributed by atoms with van der Waals surface area (Å²) in [6, 6.07) is 0. The molecule has 0 fully saturated rings. The molecule has 0 spiro atoms. The SMILES string of the molecule is CCCCCN(C)S(=O)(=O)CCC. The van der Waals surface area contributed by atoms with Gasteiger partial charge in [-0.05, 0) is 12.8 Å². The van der Waals surface area contributed by atoms with Crippen molar-refractivity contribution in [2.45, 2.75) is 39.5 Å². The second-order valence-corrected chi connectivity index (χ2v) is 5.54. The summed E-state index contributed by atoms with van der Waals surface area (Å²) < 4.78 is 24.4. The van der Waals surface area contributed by atoms with Crippen molar-refractivity contribution in [2.24, 2.45) is 0 Å². The molecule has 0 radical (unpaired) electrons. The van der Waals surface area contributed by atoms with Gasteiger partial charge in [0.05, 0.1) is 5.75 Å². The zero-order chi connectivity index (χ0) is 10.3. The van der Waals surface area contributed by atoms with Gasteiger partial charge in [0.2, 0.25) is 10.0 Å². The van der Waals surface area contributed by atoms with Crippen LogP contribution in [0.15, 0.2) is 0 Å². The molecule has 0 rings (SSSR count). The summed E-state index contributed by atoms with van der Waals surface area (Å²) in [7, 11) is -1.29. The molecule has 0 unspecified atom stereocenters. The predicted octanol–water partition coefficient (Wildman–Crippen LogP) is 1.85. The summed E-state index contributed by atoms with van der Waals surface area (Å²) in [5.41, 5.74) is 0. The Kier molecular flexibility index (Phi) is 6.33. The van der Waals surface area contributed by atoms with E-state index in [2.05, 4.69) is 6.92 Å². The first-order valence-electron chi connectivity index (χ1n) is 4.98. The van der Waals surface area contributed by atoms with Crippen molar-refractivity contribution in [1.29, 1.82) is 0 Å². The first-order chi connectivity index (χ1) is 6.04. The Balaban J connectivity index is 3.87. The van der Waals surface area contributed by atoms with Crippen LogP contribution in [-0.2, 0) is 10.0 Å². The monoisotopic (exact) mass is 207 g/mol. The topological polar surface area (TPSA) is 37.4 Å². The van der Waals surface area contributed by atoms with E-state index in [1.807, 2.05) is 6.92 Å². The highest BCUT2D eigenvalue weighted by atomic mass is 32.2. The van der Waals surface area contributed by atoms with Crippen molar-refractivity contribution in [1.82, 2.24) is 4.31 Å². The standard InChI is InChI=1S/C9H21NO2S/c1-4-6-7-8-10(3)13(11,12)9-5-2/h4-9H2,1-3H3. The van der Waals surface area contributed by atoms with E-state index in [0.717, 1.165) is 19.3 Å². The number of unbranched alkanes of at least 4 members (excludes halogenated alkanes) is 2. The molecule has 0 aliphatic heterocycles. The molecule has 0 saturated carbocycles. The minimum atomic E-state index is -2.96. The molecular formula is C9H21NO2S. The molecule has 0 N–H and O–H groups in total. The van der Waals surface area contributed by atoms with Gasteiger partial charge in [-0.15, -0.1) is 0 Å². The van der Waals surface area contributed by atoms with E-state index in [4.69, 9.17) is 0 Å². The highest BCUT2D eigenvalue weighted by Crippen LogP contribution is 2.03. The number of hydrogen-bond acceptors (Lipinski definition) is 2. The Labute approximate surface area is 82.2 Å². The van der Waals surface area contributed by atoms with Crippen LogP contribution in [0, 0.1) is 0 Å². The maximum absolute atomic E-state index is 11.5. The summed E-state index contributed by atoms with van der Waals surface area (Å²) in [5.74, 6) is 0.273. The molecule has 0 aliphatic rings. The van der Waals surface area contributed by atoms with Crippen LogP contribution in [0.4, 0.5) is 0 Å². The van der Waals surface area contributed by atoms with Crippen LogP contribution in [0.5, 0.6) is 0 Å². The van der Waals surface area contributed by atoms with E-state index < -0.39 is 10.0 Å². The van der Waals surface area contributed by atoms with Crippen LogP contribution < -0.4 is 0 Å². The van der Waals surface area contributed by atoms with Gasteiger partial charge in [-0.25, -0.2) is 12.7 Å². The van der Waals surface area contributed by atoms with Crippen LogP contribution in [0.2, 0.25) is 0 Å². The molecular weight excluding hydrogens is 186 g/mol. The van der Waals surface area contributed by atoms with Gasteiger partial charge < -0.3 is 0 Å². The van der Waals surface area contributed by atoms with Gasteiger partial charge in [0.1, 0.15) is 0 Å². The first kappa shape index (κ1) is 12.9. The average molecular weight is 207 g/mol. The lowest BCUT2D eigenvalue weighted by atomic mass is 10.2. The summed E-state index contributed by atoms with van der Waals surface area (Å²) in [4.78, 5) is 0. The van der Waals surface area contributed by atoms with Crippen LogP contribution >= 0.6 is 0 Å². The second-order valence-electron chi connectivity index (χ2n) is 3.34. The Morgan fingerprint density at radius 2 is 1.69 bits per heavy atom. The Morgan fingerprint density at radius 1 is 1.08 bits per heavy atom. The number of sulfonamides is 1. The van der Waals surface area contributed by atoms with Crippen molar-refractivity contribution in [3.05, 3.63) is 0 Å². The third-order valence-electron chi connectivity index (χ3n) is 2.01. The summed E-state index contributed by atoms with van der Waals surface area (Å²) >= 11 is 0. The molecule has 0 aliphatic carbocycles. The summed E-state index contributed by atoms with van der Waals surface area (Å²) in [5, 5.41) is 0. The number of nitrogens with zero attached hydrogens (tertiary/aromatic N) is 1. The quantitative estimate of drug-likeness (QED) is 0.597. The average Bonchev–Trinajstić information content (AvgIpc) is 2.04. The lowest BCUT2D eigenvalue weighted by Crippen LogP contribution is -2.29. The second kappa shape index (κ2) is 6.38. The molecule has 0 aromatic carbocycles. The van der Waals surface area contributed by atoms with E-state index in [0.29, 0.717) is 13.0 Å². The minimum absolute atomic E-state index is 0.273. The maximum atomic E-state index is 11.5. The van der Waals surface area contributed by atoms with Gasteiger partial charge in [-0.2, -0.15) is 0 Å². The van der Waals surface area contributed by atoms with Gasteiger partial charge >= 0.3 is 0 Å². The number of rotatable bonds is 7. The Hall–Kier alpha value is -0.0900. The molecule has 0 bridgehead atoms. The molecule has 0 heterocycles. The Bertz CT molecular complexity index is 212. The van der Waals surface area contributed by atoms with Gasteiger partial charge in [0.15, 0.2) is 0 Å². The van der Waals surface area contributed by atoms with E-state index in [1.165, 1.54) is 4.31 Å². The van der Waals surface area contributed by atoms with Crippen molar-refractivity contribution in [3.8, 4) is 0 Å². The highest BCUT2D eigenvalue weighted by molar-refractivity contribution is 7.89. The zero-order valence-corrected chi connectivity index (χ0v) is 9.73. The fourth-order valence-electron chi connectivity index (χ4n) is 1.14. The van der Waals surface area contributed by atoms with Gasteiger partial charge in [0, 0.05) is 13.6 Å². The highest BCUT2D eigenvalue weighted by Gasteiger charge is 2.14. The fourth-order valence-corrected chi connectivity index (χ4v) is 2.37. The van der Waals surface area contributed by atoms with Crippen LogP contribution in [-0.4, -0.2) is 32.1 Å². The van der Waals surface area contributed by atoms with E-state index in [1.54, 1.807) is 7.05 Å². The summed E-state index contributed by atoms with van der Waals surface area (Å²) in [6.45, 7) is 4.66. The normalized spacial score (nSPS) is 12.3. The van der Waals surface area contributed by atoms with Gasteiger partial charge in [-0.3, -0.25) is 0 Å². The van der Waals surface area contributed by atoms with E-state index in [-0.39, 0.29) is 5.75 Å². The first-order valence-corrected chi connectivity index (χ1v) is 6.59. The smallest absolute Gasteiger partial charge is 0.212 e. The molecule has 0 atom stereocenters.